The van der Waals surface area contributed by atoms with Gasteiger partial charge in [-0.2, -0.15) is 0 Å². The predicted octanol–water partition coefficient (Wildman–Crippen LogP) is 1.88. The lowest BCUT2D eigenvalue weighted by molar-refractivity contribution is -0.121. The van der Waals surface area contributed by atoms with E-state index in [4.69, 9.17) is 0 Å². The van der Waals surface area contributed by atoms with Gasteiger partial charge in [0, 0.05) is 19.5 Å². The van der Waals surface area contributed by atoms with Gasteiger partial charge < -0.3 is 10.6 Å². The lowest BCUT2D eigenvalue weighted by Crippen LogP contribution is -2.29. The number of carbonyl (C=O) groups is 1. The molecule has 0 aromatic heterocycles. The average Bonchev–Trinajstić information content (AvgIpc) is 2.25. The highest BCUT2D eigenvalue weighted by Crippen LogP contribution is 2.05. The van der Waals surface area contributed by atoms with Crippen LogP contribution >= 0.6 is 12.4 Å². The Labute approximate surface area is 104 Å². The highest BCUT2D eigenvalue weighted by Gasteiger charge is 2.06. The van der Waals surface area contributed by atoms with Crippen molar-refractivity contribution >= 4 is 18.3 Å². The summed E-state index contributed by atoms with van der Waals surface area (Å²) in [5, 5.41) is 6.23. The van der Waals surface area contributed by atoms with E-state index >= 15 is 0 Å². The maximum Gasteiger partial charge on any atom is 0.220 e. The fourth-order valence-corrected chi connectivity index (χ4v) is 1.55. The van der Waals surface area contributed by atoms with Gasteiger partial charge in [0.15, 0.2) is 0 Å². The molecular weight excluding hydrogens is 224 g/mol. The number of rotatable bonds is 5. The van der Waals surface area contributed by atoms with Crippen LogP contribution in [-0.4, -0.2) is 25.5 Å². The molecule has 0 aromatic rings. The molecule has 0 atom stereocenters. The van der Waals surface area contributed by atoms with Crippen LogP contribution in [0.5, 0.6) is 0 Å². The van der Waals surface area contributed by atoms with Crippen molar-refractivity contribution in [2.45, 2.75) is 33.1 Å². The Kier molecular flexibility index (Phi) is 8.30. The molecule has 94 valence electrons. The van der Waals surface area contributed by atoms with Crippen LogP contribution in [0.4, 0.5) is 0 Å². The highest BCUT2D eigenvalue weighted by atomic mass is 35.5. The van der Waals surface area contributed by atoms with Gasteiger partial charge in [0.05, 0.1) is 0 Å². The second kappa shape index (κ2) is 8.59. The van der Waals surface area contributed by atoms with Gasteiger partial charge in [-0.15, -0.1) is 12.4 Å². The van der Waals surface area contributed by atoms with E-state index < -0.39 is 0 Å². The molecule has 0 radical (unpaired) electrons. The minimum absolute atomic E-state index is 0. The third-order valence-electron chi connectivity index (χ3n) is 2.62. The quantitative estimate of drug-likeness (QED) is 0.728. The number of amides is 1. The predicted molar refractivity (Wildman–Crippen MR) is 69.9 cm³/mol. The Morgan fingerprint density at radius 3 is 2.88 bits per heavy atom. The molecule has 1 aliphatic rings. The van der Waals surface area contributed by atoms with E-state index in [9.17, 15) is 4.79 Å². The van der Waals surface area contributed by atoms with Crippen molar-refractivity contribution in [3.05, 3.63) is 11.6 Å². The topological polar surface area (TPSA) is 41.1 Å². The summed E-state index contributed by atoms with van der Waals surface area (Å²) in [6.45, 7) is 6.99. The van der Waals surface area contributed by atoms with Crippen LogP contribution in [0, 0.1) is 5.92 Å². The standard InChI is InChI=1S/C12H22N2O.ClH/c1-10(2)3-4-12(15)14-9-11-5-7-13-8-6-11;/h5,10,13H,3-4,6-9H2,1-2H3,(H,14,15);1H. The molecule has 0 spiro atoms. The summed E-state index contributed by atoms with van der Waals surface area (Å²) in [5.74, 6) is 0.789. The van der Waals surface area contributed by atoms with Gasteiger partial charge in [0.1, 0.15) is 0 Å². The van der Waals surface area contributed by atoms with Crippen molar-refractivity contribution in [2.24, 2.45) is 5.92 Å². The van der Waals surface area contributed by atoms with E-state index in [0.29, 0.717) is 12.3 Å². The monoisotopic (exact) mass is 246 g/mol. The minimum Gasteiger partial charge on any atom is -0.352 e. The van der Waals surface area contributed by atoms with Crippen LogP contribution in [0.15, 0.2) is 11.6 Å². The first-order chi connectivity index (χ1) is 7.18. The van der Waals surface area contributed by atoms with E-state index in [2.05, 4.69) is 30.6 Å². The van der Waals surface area contributed by atoms with Gasteiger partial charge in [0.25, 0.3) is 0 Å². The first-order valence-corrected chi connectivity index (χ1v) is 5.84. The van der Waals surface area contributed by atoms with Gasteiger partial charge in [-0.1, -0.05) is 25.5 Å². The molecule has 1 aliphatic heterocycles. The maximum absolute atomic E-state index is 11.4. The van der Waals surface area contributed by atoms with Crippen molar-refractivity contribution in [1.29, 1.82) is 0 Å². The Morgan fingerprint density at radius 2 is 2.31 bits per heavy atom. The number of carbonyl (C=O) groups excluding carboxylic acids is 1. The van der Waals surface area contributed by atoms with Gasteiger partial charge in [0.2, 0.25) is 5.91 Å². The fraction of sp³-hybridized carbons (Fsp3) is 0.750. The first-order valence-electron chi connectivity index (χ1n) is 5.84. The zero-order valence-electron chi connectivity index (χ0n) is 10.2. The normalized spacial score (nSPS) is 15.3. The summed E-state index contributed by atoms with van der Waals surface area (Å²) in [7, 11) is 0. The van der Waals surface area contributed by atoms with Crippen molar-refractivity contribution in [2.75, 3.05) is 19.6 Å². The summed E-state index contributed by atoms with van der Waals surface area (Å²) in [4.78, 5) is 11.4. The molecule has 0 aliphatic carbocycles. The molecule has 0 unspecified atom stereocenters. The van der Waals surface area contributed by atoms with Crippen LogP contribution in [-0.2, 0) is 4.79 Å². The molecule has 3 nitrogen and oxygen atoms in total. The molecule has 16 heavy (non-hydrogen) atoms. The zero-order valence-corrected chi connectivity index (χ0v) is 11.0. The molecule has 1 heterocycles. The van der Waals surface area contributed by atoms with E-state index in [0.717, 1.165) is 32.5 Å². The van der Waals surface area contributed by atoms with E-state index in [1.807, 2.05) is 0 Å². The van der Waals surface area contributed by atoms with Crippen molar-refractivity contribution in [1.82, 2.24) is 10.6 Å². The fourth-order valence-electron chi connectivity index (χ4n) is 1.55. The summed E-state index contributed by atoms with van der Waals surface area (Å²) >= 11 is 0. The molecule has 0 saturated carbocycles. The Bertz CT molecular complexity index is 239. The summed E-state index contributed by atoms with van der Waals surface area (Å²) in [5.41, 5.74) is 1.35. The molecule has 2 N–H and O–H groups in total. The van der Waals surface area contributed by atoms with E-state index in [1.54, 1.807) is 0 Å². The van der Waals surface area contributed by atoms with Gasteiger partial charge in [-0.25, -0.2) is 0 Å². The van der Waals surface area contributed by atoms with Crippen LogP contribution < -0.4 is 10.6 Å². The zero-order chi connectivity index (χ0) is 11.1. The maximum atomic E-state index is 11.4. The first kappa shape index (κ1) is 15.5. The Morgan fingerprint density at radius 1 is 1.56 bits per heavy atom. The Hall–Kier alpha value is -0.540. The lowest BCUT2D eigenvalue weighted by atomic mass is 10.1. The van der Waals surface area contributed by atoms with Gasteiger partial charge in [-0.05, 0) is 25.3 Å². The summed E-state index contributed by atoms with van der Waals surface area (Å²) < 4.78 is 0. The second-order valence-electron chi connectivity index (χ2n) is 4.53. The second-order valence-corrected chi connectivity index (χ2v) is 4.53. The van der Waals surface area contributed by atoms with Crippen LogP contribution in [0.2, 0.25) is 0 Å². The molecule has 0 saturated heterocycles. The molecule has 0 aromatic carbocycles. The Balaban J connectivity index is 0.00000225. The number of hydrogen-bond acceptors (Lipinski definition) is 2. The molecule has 1 amide bonds. The smallest absolute Gasteiger partial charge is 0.220 e. The van der Waals surface area contributed by atoms with Gasteiger partial charge >= 0.3 is 0 Å². The highest BCUT2D eigenvalue weighted by molar-refractivity contribution is 5.85. The van der Waals surface area contributed by atoms with Crippen LogP contribution in [0.3, 0.4) is 0 Å². The average molecular weight is 247 g/mol. The SMILES string of the molecule is CC(C)CCC(=O)NCC1=CCNCC1.Cl. The van der Waals surface area contributed by atoms with E-state index in [1.165, 1.54) is 5.57 Å². The van der Waals surface area contributed by atoms with Crippen molar-refractivity contribution < 1.29 is 4.79 Å². The van der Waals surface area contributed by atoms with Gasteiger partial charge in [-0.3, -0.25) is 4.79 Å². The van der Waals surface area contributed by atoms with E-state index in [-0.39, 0.29) is 18.3 Å². The number of nitrogens with one attached hydrogen (secondary N) is 2. The van der Waals surface area contributed by atoms with Crippen LogP contribution in [0.25, 0.3) is 0 Å². The molecule has 0 fully saturated rings. The molecule has 1 rings (SSSR count). The van der Waals surface area contributed by atoms with Crippen molar-refractivity contribution in [3.63, 3.8) is 0 Å². The summed E-state index contributed by atoms with van der Waals surface area (Å²) in [6.07, 6.45) is 4.87. The number of halogens is 1. The summed E-state index contributed by atoms with van der Waals surface area (Å²) in [6, 6.07) is 0. The molecule has 0 bridgehead atoms. The molecule has 4 heteroatoms. The lowest BCUT2D eigenvalue weighted by Gasteiger charge is -2.14. The molecular formula is C12H23ClN2O. The van der Waals surface area contributed by atoms with Crippen LogP contribution in [0.1, 0.15) is 33.1 Å². The number of hydrogen-bond donors (Lipinski definition) is 2. The van der Waals surface area contributed by atoms with Crippen molar-refractivity contribution in [3.8, 4) is 0 Å². The third-order valence-corrected chi connectivity index (χ3v) is 2.62. The minimum atomic E-state index is 0. The largest absolute Gasteiger partial charge is 0.352 e. The third kappa shape index (κ3) is 6.85.